The molecule has 0 radical (unpaired) electrons. The largest absolute Gasteiger partial charge is 0.469 e. The van der Waals surface area contributed by atoms with E-state index in [1.807, 2.05) is 61.0 Å². The molecule has 2 atom stereocenters. The smallest absolute Gasteiger partial charge is 0.414 e. The molecular weight excluding hydrogens is 685 g/mol. The minimum atomic E-state index is -0.540. The van der Waals surface area contributed by atoms with Gasteiger partial charge in [-0.25, -0.2) is 18.4 Å². The van der Waals surface area contributed by atoms with Crippen molar-refractivity contribution >= 4 is 53.1 Å². The van der Waals surface area contributed by atoms with Gasteiger partial charge in [-0.05, 0) is 90.7 Å². The summed E-state index contributed by atoms with van der Waals surface area (Å²) in [6.45, 7) is 0.873. The molecular formula is C37H37F2N3O6S2. The minimum Gasteiger partial charge on any atom is -0.469 e. The standard InChI is InChI=1S/C20H20FNO4S.C17H17FN2O2S/c1-25-19(23)10-6-15-12-22(20(24)26-15)14-5-9-17(18(21)11-14)13-3-7-16(27-2)8-4-13;1-23-14-5-2-11(3-6-14)15-7-4-12(8-16(15)18)20-10-13(9-19)22-17(20)21/h3-5,7-9,11,15H,6,10,12H2,1-2H3;2-8,13H,9-10,19H2,1H3/t15-;13-/m00/s1. The predicted octanol–water partition coefficient (Wildman–Crippen LogP) is 7.99. The molecule has 0 bridgehead atoms. The molecule has 2 aliphatic rings. The van der Waals surface area contributed by atoms with Crippen molar-refractivity contribution in [2.75, 3.05) is 49.1 Å². The summed E-state index contributed by atoms with van der Waals surface area (Å²) in [5.74, 6) is -1.13. The molecule has 13 heteroatoms. The van der Waals surface area contributed by atoms with Crippen molar-refractivity contribution < 1.29 is 37.4 Å². The average Bonchev–Trinajstić information content (AvgIpc) is 3.72. The average molecular weight is 722 g/mol. The van der Waals surface area contributed by atoms with Crippen molar-refractivity contribution in [3.63, 3.8) is 0 Å². The first-order valence-corrected chi connectivity index (χ1v) is 18.2. The number of methoxy groups -OCH3 is 1. The number of thioether (sulfide) groups is 2. The highest BCUT2D eigenvalue weighted by Crippen LogP contribution is 2.32. The Balaban J connectivity index is 0.000000197. The predicted molar refractivity (Wildman–Crippen MR) is 193 cm³/mol. The fraction of sp³-hybridized carbons (Fsp3) is 0.270. The van der Waals surface area contributed by atoms with Crippen LogP contribution in [0.2, 0.25) is 0 Å². The lowest BCUT2D eigenvalue weighted by Gasteiger charge is -2.14. The molecule has 6 rings (SSSR count). The quantitative estimate of drug-likeness (QED) is 0.0990. The third-order valence-corrected chi connectivity index (χ3v) is 9.73. The lowest BCUT2D eigenvalue weighted by atomic mass is 10.0. The van der Waals surface area contributed by atoms with Gasteiger partial charge in [0.1, 0.15) is 23.8 Å². The van der Waals surface area contributed by atoms with Crippen molar-refractivity contribution in [2.45, 2.75) is 34.8 Å². The van der Waals surface area contributed by atoms with E-state index in [0.717, 1.165) is 20.9 Å². The molecule has 2 amide bonds. The van der Waals surface area contributed by atoms with E-state index >= 15 is 0 Å². The van der Waals surface area contributed by atoms with E-state index in [-0.39, 0.29) is 37.4 Å². The van der Waals surface area contributed by atoms with Crippen LogP contribution in [0.4, 0.5) is 29.7 Å². The molecule has 0 saturated carbocycles. The van der Waals surface area contributed by atoms with Gasteiger partial charge < -0.3 is 19.9 Å². The van der Waals surface area contributed by atoms with Gasteiger partial charge in [-0.15, -0.1) is 23.5 Å². The van der Waals surface area contributed by atoms with Crippen LogP contribution in [0.15, 0.2) is 94.7 Å². The van der Waals surface area contributed by atoms with Crippen molar-refractivity contribution in [3.8, 4) is 22.3 Å². The Hall–Kier alpha value is -4.59. The maximum absolute atomic E-state index is 14.7. The number of ether oxygens (including phenoxy) is 3. The molecule has 0 aliphatic carbocycles. The number of halogens is 2. The van der Waals surface area contributed by atoms with Gasteiger partial charge in [0.05, 0.1) is 31.6 Å². The number of nitrogens with two attached hydrogens (primary N) is 1. The number of amides is 2. The molecule has 4 aromatic rings. The molecule has 2 saturated heterocycles. The van der Waals surface area contributed by atoms with Crippen LogP contribution >= 0.6 is 23.5 Å². The zero-order chi connectivity index (χ0) is 35.8. The number of anilines is 2. The van der Waals surface area contributed by atoms with E-state index in [1.54, 1.807) is 47.8 Å². The molecule has 4 aromatic carbocycles. The second kappa shape index (κ2) is 16.9. The molecule has 0 aromatic heterocycles. The molecule has 2 heterocycles. The van der Waals surface area contributed by atoms with E-state index in [2.05, 4.69) is 4.74 Å². The van der Waals surface area contributed by atoms with Crippen LogP contribution in [-0.4, -0.2) is 69.6 Å². The van der Waals surface area contributed by atoms with E-state index < -0.39 is 24.1 Å². The summed E-state index contributed by atoms with van der Waals surface area (Å²) in [6.07, 6.45) is 2.73. The topological polar surface area (TPSA) is 111 Å². The van der Waals surface area contributed by atoms with Gasteiger partial charge in [-0.3, -0.25) is 14.6 Å². The van der Waals surface area contributed by atoms with E-state index in [9.17, 15) is 23.2 Å². The van der Waals surface area contributed by atoms with Crippen molar-refractivity contribution in [3.05, 3.63) is 96.6 Å². The van der Waals surface area contributed by atoms with Crippen LogP contribution in [0.3, 0.4) is 0 Å². The minimum absolute atomic E-state index is 0.168. The van der Waals surface area contributed by atoms with Gasteiger partial charge in [0.15, 0.2) is 0 Å². The van der Waals surface area contributed by atoms with Crippen LogP contribution in [0, 0.1) is 11.6 Å². The van der Waals surface area contributed by atoms with Crippen LogP contribution in [0.25, 0.3) is 22.3 Å². The number of cyclic esters (lactones) is 2. The van der Waals surface area contributed by atoms with Crippen LogP contribution < -0.4 is 15.5 Å². The SMILES string of the molecule is COC(=O)CC[C@H]1CN(c2ccc(-c3ccc(SC)cc3)c(F)c2)C(=O)O1.CSc1ccc(-c2ccc(N3C[C@H](CN)OC3=O)cc2F)cc1. The maximum Gasteiger partial charge on any atom is 0.414 e. The number of carbonyl (C=O) groups is 3. The fourth-order valence-corrected chi connectivity index (χ4v) is 6.29. The zero-order valence-electron chi connectivity index (χ0n) is 27.8. The summed E-state index contributed by atoms with van der Waals surface area (Å²) >= 11 is 3.26. The number of nitrogens with zero attached hydrogens (tertiary/aromatic N) is 2. The van der Waals surface area contributed by atoms with E-state index in [0.29, 0.717) is 35.5 Å². The first kappa shape index (κ1) is 36.7. The molecule has 0 spiro atoms. The second-order valence-corrected chi connectivity index (χ2v) is 13.1. The third kappa shape index (κ3) is 8.76. The van der Waals surface area contributed by atoms with Crippen molar-refractivity contribution in [1.82, 2.24) is 0 Å². The molecule has 262 valence electrons. The summed E-state index contributed by atoms with van der Waals surface area (Å²) in [4.78, 5) is 40.1. The van der Waals surface area contributed by atoms with Crippen LogP contribution in [0.1, 0.15) is 12.8 Å². The van der Waals surface area contributed by atoms with Gasteiger partial charge >= 0.3 is 18.2 Å². The number of rotatable bonds is 10. The molecule has 2 aliphatic heterocycles. The second-order valence-electron chi connectivity index (χ2n) is 11.4. The molecule has 9 nitrogen and oxygen atoms in total. The summed E-state index contributed by atoms with van der Waals surface area (Å²) in [7, 11) is 1.31. The first-order chi connectivity index (χ1) is 24.1. The highest BCUT2D eigenvalue weighted by atomic mass is 32.2. The Kier molecular flexibility index (Phi) is 12.4. The summed E-state index contributed by atoms with van der Waals surface area (Å²) in [5.41, 5.74) is 8.98. The van der Waals surface area contributed by atoms with E-state index in [4.69, 9.17) is 15.2 Å². The summed E-state index contributed by atoms with van der Waals surface area (Å²) in [6, 6.07) is 24.8. The number of esters is 1. The summed E-state index contributed by atoms with van der Waals surface area (Å²) in [5, 5.41) is 0. The number of hydrogen-bond donors (Lipinski definition) is 1. The monoisotopic (exact) mass is 721 g/mol. The number of hydrogen-bond acceptors (Lipinski definition) is 9. The highest BCUT2D eigenvalue weighted by Gasteiger charge is 2.33. The van der Waals surface area contributed by atoms with Crippen LogP contribution in [0.5, 0.6) is 0 Å². The highest BCUT2D eigenvalue weighted by molar-refractivity contribution is 7.98. The van der Waals surface area contributed by atoms with Crippen LogP contribution in [-0.2, 0) is 19.0 Å². The number of benzene rings is 4. The Bertz CT molecular complexity index is 1830. The maximum atomic E-state index is 14.7. The van der Waals surface area contributed by atoms with Crippen molar-refractivity contribution in [1.29, 1.82) is 0 Å². The molecule has 2 fully saturated rings. The molecule has 0 unspecified atom stereocenters. The Morgan fingerprint density at radius 2 is 1.20 bits per heavy atom. The first-order valence-electron chi connectivity index (χ1n) is 15.7. The molecule has 2 N–H and O–H groups in total. The fourth-order valence-electron chi connectivity index (χ4n) is 5.47. The summed E-state index contributed by atoms with van der Waals surface area (Å²) < 4.78 is 44.1. The van der Waals surface area contributed by atoms with Gasteiger partial charge in [0.25, 0.3) is 0 Å². The third-order valence-electron chi connectivity index (χ3n) is 8.24. The van der Waals surface area contributed by atoms with Gasteiger partial charge in [-0.1, -0.05) is 24.3 Å². The van der Waals surface area contributed by atoms with Gasteiger partial charge in [-0.2, -0.15) is 0 Å². The molecule has 50 heavy (non-hydrogen) atoms. The lowest BCUT2D eigenvalue weighted by Crippen LogP contribution is -2.27. The van der Waals surface area contributed by atoms with Gasteiger partial charge in [0.2, 0.25) is 0 Å². The van der Waals surface area contributed by atoms with Gasteiger partial charge in [0, 0.05) is 33.9 Å². The number of carbonyl (C=O) groups excluding carboxylic acids is 3. The normalized spacial score (nSPS) is 16.8. The van der Waals surface area contributed by atoms with E-state index in [1.165, 1.54) is 29.0 Å². The van der Waals surface area contributed by atoms with Crippen molar-refractivity contribution in [2.24, 2.45) is 5.73 Å². The Morgan fingerprint density at radius 1 is 0.760 bits per heavy atom. The zero-order valence-corrected chi connectivity index (χ0v) is 29.4. The Labute approximate surface area is 298 Å². The lowest BCUT2D eigenvalue weighted by molar-refractivity contribution is -0.141. The Morgan fingerprint density at radius 3 is 1.58 bits per heavy atom.